The molecule has 1 aliphatic rings. The first-order valence-electron chi connectivity index (χ1n) is 6.21. The van der Waals surface area contributed by atoms with Crippen molar-refractivity contribution in [1.82, 2.24) is 0 Å². The van der Waals surface area contributed by atoms with Crippen LogP contribution in [0.1, 0.15) is 1.37 Å². The van der Waals surface area contributed by atoms with Gasteiger partial charge in [-0.3, -0.25) is 0 Å². The van der Waals surface area contributed by atoms with Gasteiger partial charge in [-0.2, -0.15) is 0 Å². The van der Waals surface area contributed by atoms with Crippen molar-refractivity contribution in [1.29, 1.82) is 0 Å². The first-order valence-corrected chi connectivity index (χ1v) is 5.64. The minimum absolute atomic E-state index is 0.766. The molecule has 1 saturated heterocycles. The summed E-state index contributed by atoms with van der Waals surface area (Å²) >= 11 is 0. The van der Waals surface area contributed by atoms with E-state index >= 15 is 0 Å². The van der Waals surface area contributed by atoms with Crippen molar-refractivity contribution in [2.45, 2.75) is 42.2 Å². The summed E-state index contributed by atoms with van der Waals surface area (Å²) in [6.45, 7) is -3.98. The Balaban J connectivity index is 3.10. The summed E-state index contributed by atoms with van der Waals surface area (Å²) in [5, 5.41) is 75.5. The van der Waals surface area contributed by atoms with E-state index in [0.717, 1.165) is 0 Å². The van der Waals surface area contributed by atoms with E-state index < -0.39 is 62.0 Å². The molecule has 8 atom stereocenters. The maximum Gasteiger partial charge on any atom is 0.148 e. The average molecular weight is 285 g/mol. The van der Waals surface area contributed by atoms with Crippen LogP contribution >= 0.6 is 0 Å². The number of hydrogen-bond acceptors (Lipinski definition) is 9. The summed E-state index contributed by atoms with van der Waals surface area (Å²) in [7, 11) is 0. The quantitative estimate of drug-likeness (QED) is 0.238. The van der Waals surface area contributed by atoms with Crippen molar-refractivity contribution >= 4 is 0 Å². The van der Waals surface area contributed by atoms with Crippen LogP contribution in [0.4, 0.5) is 0 Å². The van der Waals surface area contributed by atoms with Crippen molar-refractivity contribution in [2.24, 2.45) is 0 Å². The smallest absolute Gasteiger partial charge is 0.148 e. The van der Waals surface area contributed by atoms with Crippen LogP contribution in [0.25, 0.3) is 0 Å². The molecule has 9 heteroatoms. The molecule has 8 N–H and O–H groups in total. The Kier molecular flexibility index (Phi) is 5.06. The van der Waals surface area contributed by atoms with Gasteiger partial charge in [-0.1, -0.05) is 0 Å². The van der Waals surface area contributed by atoms with Gasteiger partial charge in [0.2, 0.25) is 0 Å². The van der Waals surface area contributed by atoms with Crippen LogP contribution in [0.5, 0.6) is 0 Å². The summed E-state index contributed by atoms with van der Waals surface area (Å²) < 4.78 is 12.3. The second-order valence-electron chi connectivity index (χ2n) is 4.44. The van der Waals surface area contributed by atoms with E-state index in [1.165, 1.54) is 0 Å². The highest BCUT2D eigenvalue weighted by molar-refractivity contribution is 5.08. The predicted molar refractivity (Wildman–Crippen MR) is 58.9 cm³/mol. The highest BCUT2D eigenvalue weighted by atomic mass is 16.6. The van der Waals surface area contributed by atoms with Gasteiger partial charge in [-0.25, -0.2) is 0 Å². The fourth-order valence-corrected chi connectivity index (χ4v) is 2.03. The maximum atomic E-state index is 9.96. The van der Waals surface area contributed by atoms with Crippen LogP contribution in [0.3, 0.4) is 0 Å². The van der Waals surface area contributed by atoms with Crippen molar-refractivity contribution < 1.29 is 47.0 Å². The van der Waals surface area contributed by atoms with E-state index in [9.17, 15) is 30.6 Å². The predicted octanol–water partition coefficient (Wildman–Crippen LogP) is -5.09. The Bertz CT molecular complexity index is 317. The molecule has 1 aliphatic heterocycles. The van der Waals surface area contributed by atoms with E-state index in [0.29, 0.717) is 0 Å². The van der Waals surface area contributed by atoms with Gasteiger partial charge in [0.25, 0.3) is 0 Å². The summed E-state index contributed by atoms with van der Waals surface area (Å²) in [6.07, 6.45) is -11.2. The lowest BCUT2D eigenvalue weighted by atomic mass is 9.85. The number of aliphatic hydroxyl groups excluding tert-OH is 8. The van der Waals surface area contributed by atoms with Gasteiger partial charge in [0.1, 0.15) is 42.2 Å². The molecule has 0 saturated carbocycles. The molecule has 0 radical (unpaired) electrons. The fraction of sp³-hybridized carbons (Fsp3) is 1.00. The Morgan fingerprint density at radius 1 is 1.16 bits per heavy atom. The number of ether oxygens (including phenoxy) is 1. The summed E-state index contributed by atoms with van der Waals surface area (Å²) in [4.78, 5) is 0. The molecule has 0 aliphatic carbocycles. The van der Waals surface area contributed by atoms with Gasteiger partial charge < -0.3 is 45.6 Å². The average Bonchev–Trinajstić information content (AvgIpc) is 2.70. The van der Waals surface area contributed by atoms with Crippen molar-refractivity contribution in [3.8, 4) is 0 Å². The van der Waals surface area contributed by atoms with Gasteiger partial charge >= 0.3 is 0 Å². The highest BCUT2D eigenvalue weighted by Crippen LogP contribution is 2.35. The number of rotatable bonds is 6. The van der Waals surface area contributed by atoms with Crippen LogP contribution in [0, 0.1) is 0 Å². The summed E-state index contributed by atoms with van der Waals surface area (Å²) in [6, 6.07) is 0. The first kappa shape index (κ1) is 15.0. The van der Waals surface area contributed by atoms with Gasteiger partial charge in [0.15, 0.2) is 0 Å². The van der Waals surface area contributed by atoms with E-state index in [-0.39, 0.29) is 0 Å². The summed E-state index contributed by atoms with van der Waals surface area (Å²) in [5.74, 6) is 0. The minimum atomic E-state index is -2.54. The molecular formula is C10H20O9. The van der Waals surface area contributed by atoms with Gasteiger partial charge in [0.05, 0.1) is 21.2 Å². The van der Waals surface area contributed by atoms with E-state index in [4.69, 9.17) is 16.3 Å². The normalized spacial score (nSPS) is 42.5. The Labute approximate surface area is 110 Å². The molecule has 0 spiro atoms. The zero-order chi connectivity index (χ0) is 15.7. The first-order chi connectivity index (χ1) is 9.23. The Morgan fingerprint density at radius 2 is 1.74 bits per heavy atom. The van der Waals surface area contributed by atoms with Crippen LogP contribution in [-0.2, 0) is 4.74 Å². The molecule has 114 valence electrons. The van der Waals surface area contributed by atoms with E-state index in [1.807, 2.05) is 0 Å². The van der Waals surface area contributed by atoms with Crippen molar-refractivity contribution in [3.05, 3.63) is 0 Å². The molecule has 1 rings (SSSR count). The van der Waals surface area contributed by atoms with Gasteiger partial charge in [-0.05, 0) is 0 Å². The second-order valence-corrected chi connectivity index (χ2v) is 4.44. The molecule has 0 aromatic heterocycles. The van der Waals surface area contributed by atoms with Crippen LogP contribution in [-0.4, -0.2) is 103 Å². The molecule has 0 amide bonds. The van der Waals surface area contributed by atoms with E-state index in [2.05, 4.69) is 0 Å². The monoisotopic (exact) mass is 285 g/mol. The number of hydrogen-bond donors (Lipinski definition) is 8. The third-order valence-corrected chi connectivity index (χ3v) is 3.27. The number of aliphatic hydroxyl groups is 8. The zero-order valence-corrected chi connectivity index (χ0v) is 9.94. The van der Waals surface area contributed by atoms with Crippen molar-refractivity contribution in [2.75, 3.05) is 19.8 Å². The lowest BCUT2D eigenvalue weighted by Gasteiger charge is -2.38. The molecule has 0 bridgehead atoms. The zero-order valence-electron chi connectivity index (χ0n) is 10.9. The van der Waals surface area contributed by atoms with Gasteiger partial charge in [0, 0.05) is 0 Å². The van der Waals surface area contributed by atoms with Crippen LogP contribution in [0.2, 0.25) is 0 Å². The third kappa shape index (κ3) is 2.75. The molecule has 9 nitrogen and oxygen atoms in total. The maximum absolute atomic E-state index is 9.96. The Morgan fingerprint density at radius 3 is 2.11 bits per heavy atom. The van der Waals surface area contributed by atoms with Crippen molar-refractivity contribution in [3.63, 3.8) is 0 Å². The molecule has 1 fully saturated rings. The molecule has 0 aromatic carbocycles. The molecule has 19 heavy (non-hydrogen) atoms. The van der Waals surface area contributed by atoms with Crippen LogP contribution in [0.15, 0.2) is 0 Å². The second kappa shape index (κ2) is 6.39. The minimum Gasteiger partial charge on any atom is -0.394 e. The largest absolute Gasteiger partial charge is 0.394 e. The van der Waals surface area contributed by atoms with Gasteiger partial charge in [-0.15, -0.1) is 0 Å². The molecule has 0 aromatic rings. The van der Waals surface area contributed by atoms with E-state index in [1.54, 1.807) is 0 Å². The SMILES string of the molecule is [2H]C(O)[C@@]1(C(O)[C@H](O)[C@H](O)CO)O[C@H](CO)[C@@H](O)[C@@H]1O. The third-order valence-electron chi connectivity index (χ3n) is 3.27. The lowest BCUT2D eigenvalue weighted by Crippen LogP contribution is -2.61. The molecule has 2 unspecified atom stereocenters. The topological polar surface area (TPSA) is 171 Å². The standard InChI is InChI=1S/C10H20O9/c11-1-4(14)6(15)8(17)10(3-13)9(18)7(16)5(2-12)19-10/h4-9,11-18H,1-3H2/t4-,5-,6-,7-,8?,9+,10+/m1/s1/i3D/t3?,4-,5-,6-,7-,8?,9+,10+. The fourth-order valence-electron chi connectivity index (χ4n) is 2.03. The summed E-state index contributed by atoms with van der Waals surface area (Å²) in [5.41, 5.74) is -2.54. The lowest BCUT2D eigenvalue weighted by molar-refractivity contribution is -0.214. The van der Waals surface area contributed by atoms with Crippen LogP contribution < -0.4 is 0 Å². The Hall–Kier alpha value is -0.360. The highest BCUT2D eigenvalue weighted by Gasteiger charge is 2.59. The molecular weight excluding hydrogens is 264 g/mol. The molecule has 1 heterocycles.